The Bertz CT molecular complexity index is 747. The number of nitrogens with one attached hydrogen (secondary N) is 1. The van der Waals surface area contributed by atoms with Crippen molar-refractivity contribution in [3.05, 3.63) is 65.7 Å². The van der Waals surface area contributed by atoms with E-state index < -0.39 is 12.5 Å². The fourth-order valence-corrected chi connectivity index (χ4v) is 1.78. The number of rotatable bonds is 4. The van der Waals surface area contributed by atoms with Crippen LogP contribution >= 0.6 is 0 Å². The molecular weight excluding hydrogens is 335 g/mol. The van der Waals surface area contributed by atoms with Crippen molar-refractivity contribution in [3.63, 3.8) is 0 Å². The van der Waals surface area contributed by atoms with Gasteiger partial charge in [0, 0.05) is 5.56 Å². The number of benzene rings is 2. The van der Waals surface area contributed by atoms with E-state index >= 15 is 0 Å². The van der Waals surface area contributed by atoms with Crippen LogP contribution in [0.5, 0.6) is 5.75 Å². The van der Waals surface area contributed by atoms with Crippen molar-refractivity contribution in [2.45, 2.75) is 13.0 Å². The molecule has 25 heavy (non-hydrogen) atoms. The van der Waals surface area contributed by atoms with Gasteiger partial charge in [-0.25, -0.2) is 4.79 Å². The molecule has 0 saturated carbocycles. The van der Waals surface area contributed by atoms with Crippen LogP contribution in [0, 0.1) is 11.8 Å². The topological polar surface area (TPSA) is 47.6 Å². The minimum atomic E-state index is -4.72. The maximum absolute atomic E-state index is 12.0. The molecule has 0 radical (unpaired) electrons. The second-order valence-corrected chi connectivity index (χ2v) is 4.79. The van der Waals surface area contributed by atoms with Crippen LogP contribution in [0.25, 0.3) is 0 Å². The van der Waals surface area contributed by atoms with E-state index in [1.165, 1.54) is 24.3 Å². The Morgan fingerprint density at radius 1 is 1.04 bits per heavy atom. The highest BCUT2D eigenvalue weighted by Crippen LogP contribution is 2.22. The highest BCUT2D eigenvalue weighted by molar-refractivity contribution is 5.67. The molecule has 2 aromatic rings. The molecule has 0 heterocycles. The van der Waals surface area contributed by atoms with Gasteiger partial charge in [-0.05, 0) is 29.8 Å². The van der Waals surface area contributed by atoms with Crippen LogP contribution in [0.1, 0.15) is 11.1 Å². The monoisotopic (exact) mass is 349 g/mol. The van der Waals surface area contributed by atoms with Crippen molar-refractivity contribution >= 4 is 6.09 Å². The second kappa shape index (κ2) is 8.64. The number of carbonyl (C=O) groups excluding carboxylic acids is 1. The largest absolute Gasteiger partial charge is 0.573 e. The summed E-state index contributed by atoms with van der Waals surface area (Å²) >= 11 is 0. The minimum Gasteiger partial charge on any atom is -0.445 e. The van der Waals surface area contributed by atoms with E-state index in [9.17, 15) is 18.0 Å². The summed E-state index contributed by atoms with van der Waals surface area (Å²) in [6.07, 6.45) is -5.33. The molecule has 0 saturated heterocycles. The van der Waals surface area contributed by atoms with E-state index in [4.69, 9.17) is 4.74 Å². The minimum absolute atomic E-state index is 0.0500. The van der Waals surface area contributed by atoms with Gasteiger partial charge in [-0.15, -0.1) is 13.2 Å². The molecule has 1 N–H and O–H groups in total. The summed E-state index contributed by atoms with van der Waals surface area (Å²) in [5.74, 6) is 5.06. The smallest absolute Gasteiger partial charge is 0.445 e. The van der Waals surface area contributed by atoms with Crippen molar-refractivity contribution in [2.24, 2.45) is 0 Å². The van der Waals surface area contributed by atoms with Crippen LogP contribution < -0.4 is 10.1 Å². The number of hydrogen-bond donors (Lipinski definition) is 1. The van der Waals surface area contributed by atoms with Crippen molar-refractivity contribution in [3.8, 4) is 17.6 Å². The zero-order valence-corrected chi connectivity index (χ0v) is 13.0. The van der Waals surface area contributed by atoms with Gasteiger partial charge in [-0.2, -0.15) is 0 Å². The average Bonchev–Trinajstić information content (AvgIpc) is 2.58. The molecule has 0 bridgehead atoms. The summed E-state index contributed by atoms with van der Waals surface area (Å²) in [4.78, 5) is 11.5. The summed E-state index contributed by atoms with van der Waals surface area (Å²) in [5.41, 5.74) is 1.36. The summed E-state index contributed by atoms with van der Waals surface area (Å²) in [6, 6.07) is 14.3. The third-order valence-corrected chi connectivity index (χ3v) is 2.85. The van der Waals surface area contributed by atoms with Crippen LogP contribution in [-0.2, 0) is 11.3 Å². The van der Waals surface area contributed by atoms with Gasteiger partial charge in [0.25, 0.3) is 0 Å². The fourth-order valence-electron chi connectivity index (χ4n) is 1.78. The van der Waals surface area contributed by atoms with Crippen molar-refractivity contribution in [2.75, 3.05) is 6.54 Å². The van der Waals surface area contributed by atoms with Crippen molar-refractivity contribution in [1.82, 2.24) is 5.32 Å². The van der Waals surface area contributed by atoms with Gasteiger partial charge in [-0.1, -0.05) is 42.2 Å². The molecule has 0 aromatic heterocycles. The van der Waals surface area contributed by atoms with E-state index in [0.717, 1.165) is 5.56 Å². The summed E-state index contributed by atoms with van der Waals surface area (Å²) in [6.45, 7) is 0.204. The van der Waals surface area contributed by atoms with Crippen LogP contribution in [0.15, 0.2) is 54.6 Å². The number of carbonyl (C=O) groups is 1. The maximum atomic E-state index is 12.0. The third kappa shape index (κ3) is 7.31. The summed E-state index contributed by atoms with van der Waals surface area (Å²) in [7, 11) is 0. The lowest BCUT2D eigenvalue weighted by Gasteiger charge is -2.08. The molecule has 130 valence electrons. The van der Waals surface area contributed by atoms with Gasteiger partial charge in [0.15, 0.2) is 0 Å². The first-order valence-corrected chi connectivity index (χ1v) is 7.21. The van der Waals surface area contributed by atoms with E-state index in [2.05, 4.69) is 21.9 Å². The van der Waals surface area contributed by atoms with Crippen LogP contribution in [0.2, 0.25) is 0 Å². The SMILES string of the molecule is O=C(NCC#Cc1ccc(OC(F)(F)F)cc1)OCc1ccccc1. The molecule has 1 amide bonds. The lowest BCUT2D eigenvalue weighted by molar-refractivity contribution is -0.274. The molecule has 2 rings (SSSR count). The molecule has 0 fully saturated rings. The van der Waals surface area contributed by atoms with E-state index in [-0.39, 0.29) is 18.9 Å². The zero-order valence-electron chi connectivity index (χ0n) is 13.0. The molecule has 0 atom stereocenters. The molecule has 0 unspecified atom stereocenters. The Kier molecular flexibility index (Phi) is 6.29. The average molecular weight is 349 g/mol. The Hall–Kier alpha value is -3.14. The molecule has 0 aliphatic rings. The Morgan fingerprint density at radius 2 is 1.72 bits per heavy atom. The molecule has 0 spiro atoms. The molecule has 0 aliphatic carbocycles. The highest BCUT2D eigenvalue weighted by Gasteiger charge is 2.30. The maximum Gasteiger partial charge on any atom is 0.573 e. The first kappa shape index (κ1) is 18.2. The molecule has 2 aromatic carbocycles. The van der Waals surface area contributed by atoms with E-state index in [0.29, 0.717) is 5.56 Å². The van der Waals surface area contributed by atoms with E-state index in [1.54, 1.807) is 0 Å². The van der Waals surface area contributed by atoms with Crippen LogP contribution in [-0.4, -0.2) is 19.0 Å². The van der Waals surface area contributed by atoms with Gasteiger partial charge in [0.1, 0.15) is 12.4 Å². The Morgan fingerprint density at radius 3 is 2.36 bits per heavy atom. The van der Waals surface area contributed by atoms with Gasteiger partial charge in [-0.3, -0.25) is 0 Å². The van der Waals surface area contributed by atoms with E-state index in [1.807, 2.05) is 30.3 Å². The number of alkyl halides is 3. The molecule has 7 heteroatoms. The standard InChI is InChI=1S/C18H14F3NO3/c19-18(20,21)25-16-10-8-14(9-11-16)7-4-12-22-17(23)24-13-15-5-2-1-3-6-15/h1-3,5-6,8-11H,12-13H2,(H,22,23). The lowest BCUT2D eigenvalue weighted by Crippen LogP contribution is -2.24. The number of amides is 1. The van der Waals surface area contributed by atoms with Crippen molar-refractivity contribution in [1.29, 1.82) is 0 Å². The predicted octanol–water partition coefficient (Wildman–Crippen LogP) is 3.86. The predicted molar refractivity (Wildman–Crippen MR) is 84.6 cm³/mol. The first-order valence-electron chi connectivity index (χ1n) is 7.21. The van der Waals surface area contributed by atoms with Crippen LogP contribution in [0.3, 0.4) is 0 Å². The number of ether oxygens (including phenoxy) is 2. The first-order chi connectivity index (χ1) is 11.9. The normalized spacial score (nSPS) is 10.4. The third-order valence-electron chi connectivity index (χ3n) is 2.85. The number of hydrogen-bond acceptors (Lipinski definition) is 3. The van der Waals surface area contributed by atoms with Gasteiger partial charge in [0.2, 0.25) is 0 Å². The zero-order chi connectivity index (χ0) is 18.1. The quantitative estimate of drug-likeness (QED) is 0.853. The Labute approximate surface area is 142 Å². The van der Waals surface area contributed by atoms with Gasteiger partial charge >= 0.3 is 12.5 Å². The second-order valence-electron chi connectivity index (χ2n) is 4.79. The fraction of sp³-hybridized carbons (Fsp3) is 0.167. The van der Waals surface area contributed by atoms with Crippen molar-refractivity contribution < 1.29 is 27.4 Å². The van der Waals surface area contributed by atoms with Crippen LogP contribution in [0.4, 0.5) is 18.0 Å². The molecular formula is C18H14F3NO3. The van der Waals surface area contributed by atoms with Gasteiger partial charge < -0.3 is 14.8 Å². The molecule has 0 aliphatic heterocycles. The summed E-state index contributed by atoms with van der Waals surface area (Å²) < 4.78 is 44.9. The highest BCUT2D eigenvalue weighted by atomic mass is 19.4. The molecule has 4 nitrogen and oxygen atoms in total. The Balaban J connectivity index is 1.73. The summed E-state index contributed by atoms with van der Waals surface area (Å²) in [5, 5.41) is 2.46. The lowest BCUT2D eigenvalue weighted by atomic mass is 10.2. The van der Waals surface area contributed by atoms with Gasteiger partial charge in [0.05, 0.1) is 6.54 Å². The number of halogens is 3. The number of alkyl carbamates (subject to hydrolysis) is 1.